The van der Waals surface area contributed by atoms with Crippen LogP contribution in [0.3, 0.4) is 0 Å². The summed E-state index contributed by atoms with van der Waals surface area (Å²) >= 11 is 0. The molecule has 0 bridgehead atoms. The van der Waals surface area contributed by atoms with Gasteiger partial charge in [0.05, 0.1) is 17.8 Å². The number of rotatable bonds is 6. The molecule has 1 aliphatic carbocycles. The zero-order valence-corrected chi connectivity index (χ0v) is 18.1. The van der Waals surface area contributed by atoms with Crippen molar-refractivity contribution in [2.24, 2.45) is 11.7 Å². The first-order valence-electron chi connectivity index (χ1n) is 11.3. The molecule has 0 aromatic carbocycles. The van der Waals surface area contributed by atoms with Crippen LogP contribution in [0.5, 0.6) is 0 Å². The molecule has 1 atom stereocenters. The molecule has 1 saturated carbocycles. The second-order valence-corrected chi connectivity index (χ2v) is 8.92. The zero-order valence-electron chi connectivity index (χ0n) is 18.1. The summed E-state index contributed by atoms with van der Waals surface area (Å²) in [7, 11) is 0. The summed E-state index contributed by atoms with van der Waals surface area (Å²) in [5.41, 5.74) is 5.20. The first-order valence-corrected chi connectivity index (χ1v) is 11.3. The van der Waals surface area contributed by atoms with Crippen molar-refractivity contribution in [1.82, 2.24) is 15.2 Å². The molecule has 10 heteroatoms. The van der Waals surface area contributed by atoms with Crippen LogP contribution in [0.25, 0.3) is 0 Å². The summed E-state index contributed by atoms with van der Waals surface area (Å²) in [5, 5.41) is 5.61. The standard InChI is InChI=1S/C22H30N6O4/c23-19(30)15-5-4-11-27(14-15)17-7-6-16(13-24-17)25-18(29)8-12-28-20(31)22(26-21(28)32)9-2-1-3-10-22/h6-7,13,15H,1-5,8-12,14H2,(H2,23,30)(H,25,29)(H,26,32). The predicted molar refractivity (Wildman–Crippen MR) is 118 cm³/mol. The molecule has 2 saturated heterocycles. The number of carbonyl (C=O) groups is 4. The first-order chi connectivity index (χ1) is 15.4. The number of nitrogens with two attached hydrogens (primary N) is 1. The molecule has 5 amide bonds. The molecule has 1 spiro atoms. The van der Waals surface area contributed by atoms with Crippen LogP contribution >= 0.6 is 0 Å². The average Bonchev–Trinajstić information content (AvgIpc) is 3.02. The molecule has 0 radical (unpaired) electrons. The van der Waals surface area contributed by atoms with Crippen molar-refractivity contribution in [3.8, 4) is 0 Å². The molecule has 1 aromatic heterocycles. The molecule has 10 nitrogen and oxygen atoms in total. The van der Waals surface area contributed by atoms with Gasteiger partial charge in [0.25, 0.3) is 5.91 Å². The Morgan fingerprint density at radius 1 is 1.19 bits per heavy atom. The molecule has 4 rings (SSSR count). The predicted octanol–water partition coefficient (Wildman–Crippen LogP) is 1.37. The molecule has 1 aromatic rings. The number of hydrogen-bond acceptors (Lipinski definition) is 6. The van der Waals surface area contributed by atoms with E-state index in [9.17, 15) is 19.2 Å². The molecular weight excluding hydrogens is 412 g/mol. The van der Waals surface area contributed by atoms with Crippen LogP contribution in [-0.2, 0) is 14.4 Å². The maximum atomic E-state index is 12.8. The van der Waals surface area contributed by atoms with E-state index in [1.165, 1.54) is 0 Å². The van der Waals surface area contributed by atoms with Crippen molar-refractivity contribution < 1.29 is 19.2 Å². The van der Waals surface area contributed by atoms with Crippen LogP contribution in [0.4, 0.5) is 16.3 Å². The number of carbonyl (C=O) groups excluding carboxylic acids is 4. The third kappa shape index (κ3) is 4.53. The van der Waals surface area contributed by atoms with E-state index in [1.54, 1.807) is 18.3 Å². The zero-order chi connectivity index (χ0) is 22.7. The van der Waals surface area contributed by atoms with E-state index < -0.39 is 11.6 Å². The lowest BCUT2D eigenvalue weighted by molar-refractivity contribution is -0.132. The highest BCUT2D eigenvalue weighted by atomic mass is 16.2. The summed E-state index contributed by atoms with van der Waals surface area (Å²) in [6.07, 6.45) is 7.48. The molecule has 3 fully saturated rings. The van der Waals surface area contributed by atoms with Crippen LogP contribution in [-0.4, -0.2) is 58.8 Å². The van der Waals surface area contributed by atoms with Gasteiger partial charge in [0.2, 0.25) is 11.8 Å². The Morgan fingerprint density at radius 3 is 2.66 bits per heavy atom. The Hall–Kier alpha value is -3.17. The summed E-state index contributed by atoms with van der Waals surface area (Å²) in [6, 6.07) is 3.13. The van der Waals surface area contributed by atoms with Gasteiger partial charge in [0.15, 0.2) is 0 Å². The van der Waals surface area contributed by atoms with E-state index in [4.69, 9.17) is 5.73 Å². The number of anilines is 2. The fourth-order valence-electron chi connectivity index (χ4n) is 4.87. The van der Waals surface area contributed by atoms with E-state index in [2.05, 4.69) is 15.6 Å². The maximum Gasteiger partial charge on any atom is 0.325 e. The number of pyridine rings is 1. The van der Waals surface area contributed by atoms with Crippen molar-refractivity contribution in [3.05, 3.63) is 18.3 Å². The number of urea groups is 1. The monoisotopic (exact) mass is 442 g/mol. The normalized spacial score (nSPS) is 22.7. The molecular formula is C22H30N6O4. The number of hydrogen-bond donors (Lipinski definition) is 3. The molecule has 3 aliphatic rings. The van der Waals surface area contributed by atoms with Gasteiger partial charge >= 0.3 is 6.03 Å². The van der Waals surface area contributed by atoms with Crippen molar-refractivity contribution >= 4 is 35.3 Å². The van der Waals surface area contributed by atoms with Gasteiger partial charge in [0.1, 0.15) is 11.4 Å². The fourth-order valence-corrected chi connectivity index (χ4v) is 4.87. The lowest BCUT2D eigenvalue weighted by atomic mass is 9.82. The number of imide groups is 1. The summed E-state index contributed by atoms with van der Waals surface area (Å²) in [5.74, 6) is -0.249. The van der Waals surface area contributed by atoms with Gasteiger partial charge in [-0.15, -0.1) is 0 Å². The quantitative estimate of drug-likeness (QED) is 0.569. The highest BCUT2D eigenvalue weighted by Crippen LogP contribution is 2.33. The van der Waals surface area contributed by atoms with Crippen molar-refractivity contribution in [3.63, 3.8) is 0 Å². The van der Waals surface area contributed by atoms with Crippen LogP contribution in [0.1, 0.15) is 51.4 Å². The van der Waals surface area contributed by atoms with Gasteiger partial charge in [0, 0.05) is 26.1 Å². The van der Waals surface area contributed by atoms with Crippen LogP contribution < -0.4 is 21.3 Å². The molecule has 3 heterocycles. The van der Waals surface area contributed by atoms with Gasteiger partial charge in [-0.3, -0.25) is 19.3 Å². The van der Waals surface area contributed by atoms with E-state index in [-0.39, 0.29) is 36.6 Å². The van der Waals surface area contributed by atoms with Gasteiger partial charge in [-0.05, 0) is 37.8 Å². The minimum Gasteiger partial charge on any atom is -0.369 e. The largest absolute Gasteiger partial charge is 0.369 e. The topological polar surface area (TPSA) is 138 Å². The Morgan fingerprint density at radius 2 is 1.97 bits per heavy atom. The maximum absolute atomic E-state index is 12.8. The summed E-state index contributed by atoms with van der Waals surface area (Å²) in [4.78, 5) is 56.5. The van der Waals surface area contributed by atoms with E-state index in [0.29, 0.717) is 25.1 Å². The SMILES string of the molecule is NC(=O)C1CCCN(c2ccc(NC(=O)CCN3C(=O)NC4(CCCCC4)C3=O)cn2)C1. The number of amides is 5. The number of primary amides is 1. The van der Waals surface area contributed by atoms with E-state index in [1.807, 2.05) is 4.90 Å². The lowest BCUT2D eigenvalue weighted by Gasteiger charge is -2.32. The molecule has 2 aliphatic heterocycles. The van der Waals surface area contributed by atoms with Gasteiger partial charge < -0.3 is 21.3 Å². The molecule has 1 unspecified atom stereocenters. The summed E-state index contributed by atoms with van der Waals surface area (Å²) < 4.78 is 0. The minimum absolute atomic E-state index is 0.0173. The number of nitrogens with zero attached hydrogens (tertiary/aromatic N) is 3. The fraction of sp³-hybridized carbons (Fsp3) is 0.591. The smallest absolute Gasteiger partial charge is 0.325 e. The Bertz CT molecular complexity index is 896. The van der Waals surface area contributed by atoms with E-state index >= 15 is 0 Å². The van der Waals surface area contributed by atoms with Crippen LogP contribution in [0, 0.1) is 5.92 Å². The number of piperidine rings is 1. The second kappa shape index (κ2) is 9.13. The van der Waals surface area contributed by atoms with Gasteiger partial charge in [-0.25, -0.2) is 9.78 Å². The summed E-state index contributed by atoms with van der Waals surface area (Å²) in [6.45, 7) is 1.39. The van der Waals surface area contributed by atoms with Gasteiger partial charge in [-0.1, -0.05) is 19.3 Å². The minimum atomic E-state index is -0.770. The number of nitrogens with one attached hydrogen (secondary N) is 2. The van der Waals surface area contributed by atoms with Crippen molar-refractivity contribution in [1.29, 1.82) is 0 Å². The third-order valence-electron chi connectivity index (χ3n) is 6.69. The van der Waals surface area contributed by atoms with Crippen LogP contribution in [0.15, 0.2) is 18.3 Å². The molecule has 4 N–H and O–H groups in total. The molecule has 32 heavy (non-hydrogen) atoms. The van der Waals surface area contributed by atoms with Crippen molar-refractivity contribution in [2.45, 2.75) is 56.9 Å². The number of aromatic nitrogens is 1. The van der Waals surface area contributed by atoms with Crippen molar-refractivity contribution in [2.75, 3.05) is 29.9 Å². The molecule has 172 valence electrons. The Kier molecular flexibility index (Phi) is 6.29. The highest BCUT2D eigenvalue weighted by molar-refractivity contribution is 6.07. The Balaban J connectivity index is 1.28. The Labute approximate surface area is 186 Å². The average molecular weight is 443 g/mol. The highest BCUT2D eigenvalue weighted by Gasteiger charge is 2.51. The second-order valence-electron chi connectivity index (χ2n) is 8.92. The first kappa shape index (κ1) is 22.0. The lowest BCUT2D eigenvalue weighted by Crippen LogP contribution is -2.48. The third-order valence-corrected chi connectivity index (χ3v) is 6.69. The van der Waals surface area contributed by atoms with E-state index in [0.717, 1.165) is 49.4 Å². The van der Waals surface area contributed by atoms with Gasteiger partial charge in [-0.2, -0.15) is 0 Å². The van der Waals surface area contributed by atoms with Crippen LogP contribution in [0.2, 0.25) is 0 Å².